The number of nitrogens with zero attached hydrogens (tertiary/aromatic N) is 2. The van der Waals surface area contributed by atoms with Crippen LogP contribution >= 0.6 is 0 Å². The molecule has 0 aromatic heterocycles. The van der Waals surface area contributed by atoms with Crippen LogP contribution < -0.4 is 4.74 Å². The second kappa shape index (κ2) is 9.02. The molecule has 30 heavy (non-hydrogen) atoms. The van der Waals surface area contributed by atoms with Crippen LogP contribution in [-0.2, 0) is 11.0 Å². The Hall–Kier alpha value is -3.29. The average Bonchev–Trinajstić information content (AvgIpc) is 2.76. The Morgan fingerprint density at radius 3 is 2.20 bits per heavy atom. The molecule has 0 aliphatic carbocycles. The number of piperazine rings is 1. The lowest BCUT2D eigenvalue weighted by atomic mass is 10.1. The highest BCUT2D eigenvalue weighted by Crippen LogP contribution is 2.29. The number of carbonyl (C=O) groups is 2. The molecule has 0 radical (unpaired) electrons. The molecule has 1 aliphatic rings. The lowest BCUT2D eigenvalue weighted by Crippen LogP contribution is -2.50. The minimum atomic E-state index is -4.44. The van der Waals surface area contributed by atoms with Gasteiger partial charge in [0, 0.05) is 37.8 Å². The molecule has 1 fully saturated rings. The third-order valence-corrected chi connectivity index (χ3v) is 4.85. The Balaban J connectivity index is 1.55. The van der Waals surface area contributed by atoms with Crippen LogP contribution in [-0.4, -0.2) is 54.9 Å². The van der Waals surface area contributed by atoms with Crippen LogP contribution in [0.2, 0.25) is 0 Å². The molecular formula is C22H21F3N2O3. The maximum atomic E-state index is 12.7. The predicted molar refractivity (Wildman–Crippen MR) is 106 cm³/mol. The Morgan fingerprint density at radius 2 is 1.60 bits per heavy atom. The molecule has 158 valence electrons. The summed E-state index contributed by atoms with van der Waals surface area (Å²) in [5, 5.41) is 0. The molecule has 0 atom stereocenters. The fourth-order valence-electron chi connectivity index (χ4n) is 3.13. The Bertz CT molecular complexity index is 931. The highest BCUT2D eigenvalue weighted by atomic mass is 19.4. The molecule has 8 heteroatoms. The van der Waals surface area contributed by atoms with E-state index < -0.39 is 11.7 Å². The molecule has 1 saturated heterocycles. The van der Waals surface area contributed by atoms with Crippen molar-refractivity contribution in [2.45, 2.75) is 6.18 Å². The quantitative estimate of drug-likeness (QED) is 0.712. The highest BCUT2D eigenvalue weighted by Gasteiger charge is 2.31. The number of rotatable bonds is 4. The first-order chi connectivity index (χ1) is 14.3. The summed E-state index contributed by atoms with van der Waals surface area (Å²) in [6, 6.07) is 11.5. The van der Waals surface area contributed by atoms with E-state index in [1.807, 2.05) is 24.3 Å². The van der Waals surface area contributed by atoms with Gasteiger partial charge >= 0.3 is 6.18 Å². The highest BCUT2D eigenvalue weighted by molar-refractivity contribution is 5.95. The third-order valence-electron chi connectivity index (χ3n) is 4.85. The molecule has 2 aromatic carbocycles. The monoisotopic (exact) mass is 418 g/mol. The van der Waals surface area contributed by atoms with Gasteiger partial charge in [0.05, 0.1) is 12.7 Å². The van der Waals surface area contributed by atoms with Crippen LogP contribution in [0.15, 0.2) is 54.6 Å². The number of benzene rings is 2. The van der Waals surface area contributed by atoms with Gasteiger partial charge in [-0.15, -0.1) is 0 Å². The summed E-state index contributed by atoms with van der Waals surface area (Å²) in [6.45, 7) is 1.35. The minimum Gasteiger partial charge on any atom is -0.497 e. The van der Waals surface area contributed by atoms with Gasteiger partial charge < -0.3 is 14.5 Å². The molecule has 5 nitrogen and oxygen atoms in total. The van der Waals surface area contributed by atoms with Crippen molar-refractivity contribution in [1.29, 1.82) is 0 Å². The lowest BCUT2D eigenvalue weighted by Gasteiger charge is -2.34. The first-order valence-corrected chi connectivity index (χ1v) is 9.35. The van der Waals surface area contributed by atoms with E-state index in [4.69, 9.17) is 4.74 Å². The van der Waals surface area contributed by atoms with E-state index in [1.165, 1.54) is 23.1 Å². The molecule has 0 saturated carbocycles. The standard InChI is InChI=1S/C22H21F3N2O3/c1-30-19-4-2-3-16(15-19)5-10-20(28)26-11-13-27(14-12-26)21(29)17-6-8-18(9-7-17)22(23,24)25/h2-10,15H,11-14H2,1H3/b10-5+. The number of hydrogen-bond acceptors (Lipinski definition) is 3. The van der Waals surface area contributed by atoms with Gasteiger partial charge in [0.2, 0.25) is 5.91 Å². The Morgan fingerprint density at radius 1 is 0.967 bits per heavy atom. The number of halogens is 3. The van der Waals surface area contributed by atoms with Crippen molar-refractivity contribution in [3.8, 4) is 5.75 Å². The molecule has 1 aliphatic heterocycles. The van der Waals surface area contributed by atoms with Crippen molar-refractivity contribution in [1.82, 2.24) is 9.80 Å². The van der Waals surface area contributed by atoms with Crippen molar-refractivity contribution in [2.75, 3.05) is 33.3 Å². The molecule has 3 rings (SSSR count). The number of amides is 2. The van der Waals surface area contributed by atoms with Crippen LogP contribution in [0.5, 0.6) is 5.75 Å². The van der Waals surface area contributed by atoms with E-state index in [2.05, 4.69) is 0 Å². The van der Waals surface area contributed by atoms with E-state index in [-0.39, 0.29) is 17.4 Å². The Kier molecular flexibility index (Phi) is 6.44. The average molecular weight is 418 g/mol. The number of ether oxygens (including phenoxy) is 1. The molecule has 0 bridgehead atoms. The second-order valence-electron chi connectivity index (χ2n) is 6.80. The topological polar surface area (TPSA) is 49.9 Å². The van der Waals surface area contributed by atoms with E-state index in [0.717, 1.165) is 17.7 Å². The van der Waals surface area contributed by atoms with Gasteiger partial charge in [0.15, 0.2) is 0 Å². The summed E-state index contributed by atoms with van der Waals surface area (Å²) in [5.74, 6) is 0.183. The van der Waals surface area contributed by atoms with Crippen LogP contribution in [0.4, 0.5) is 13.2 Å². The van der Waals surface area contributed by atoms with Crippen LogP contribution in [0.1, 0.15) is 21.5 Å². The summed E-state index contributed by atoms with van der Waals surface area (Å²) in [7, 11) is 1.57. The van der Waals surface area contributed by atoms with Gasteiger partial charge in [-0.1, -0.05) is 12.1 Å². The zero-order valence-electron chi connectivity index (χ0n) is 16.4. The summed E-state index contributed by atoms with van der Waals surface area (Å²) >= 11 is 0. The largest absolute Gasteiger partial charge is 0.497 e. The van der Waals surface area contributed by atoms with Crippen molar-refractivity contribution < 1.29 is 27.5 Å². The van der Waals surface area contributed by atoms with E-state index >= 15 is 0 Å². The van der Waals surface area contributed by atoms with Crippen LogP contribution in [0, 0.1) is 0 Å². The molecule has 2 amide bonds. The zero-order valence-corrected chi connectivity index (χ0v) is 16.4. The SMILES string of the molecule is COc1cccc(/C=C/C(=O)N2CCN(C(=O)c3ccc(C(F)(F)F)cc3)CC2)c1. The molecule has 0 unspecified atom stereocenters. The summed E-state index contributed by atoms with van der Waals surface area (Å²) in [5.41, 5.74) is 0.233. The fraction of sp³-hybridized carbons (Fsp3) is 0.273. The van der Waals surface area contributed by atoms with Crippen molar-refractivity contribution in [2.24, 2.45) is 0 Å². The van der Waals surface area contributed by atoms with Gasteiger partial charge in [0.25, 0.3) is 5.91 Å². The summed E-state index contributed by atoms with van der Waals surface area (Å²) in [6.07, 6.45) is -1.27. The molecule has 0 spiro atoms. The van der Waals surface area contributed by atoms with E-state index in [9.17, 15) is 22.8 Å². The van der Waals surface area contributed by atoms with Crippen molar-refractivity contribution >= 4 is 17.9 Å². The molecule has 1 heterocycles. The van der Waals surface area contributed by atoms with Gasteiger partial charge in [-0.2, -0.15) is 13.2 Å². The number of methoxy groups -OCH3 is 1. The fourth-order valence-corrected chi connectivity index (χ4v) is 3.13. The Labute approximate surface area is 172 Å². The van der Waals surface area contributed by atoms with Gasteiger partial charge in [-0.25, -0.2) is 0 Å². The third kappa shape index (κ3) is 5.20. The van der Waals surface area contributed by atoms with E-state index in [0.29, 0.717) is 31.9 Å². The smallest absolute Gasteiger partial charge is 0.416 e. The number of carbonyl (C=O) groups excluding carboxylic acids is 2. The van der Waals surface area contributed by atoms with Gasteiger partial charge in [-0.3, -0.25) is 9.59 Å². The number of alkyl halides is 3. The normalized spacial score (nSPS) is 14.8. The van der Waals surface area contributed by atoms with Crippen LogP contribution in [0.3, 0.4) is 0 Å². The van der Waals surface area contributed by atoms with Crippen molar-refractivity contribution in [3.05, 3.63) is 71.3 Å². The van der Waals surface area contributed by atoms with Crippen LogP contribution in [0.25, 0.3) is 6.08 Å². The zero-order chi connectivity index (χ0) is 21.7. The first kappa shape index (κ1) is 21.4. The molecular weight excluding hydrogens is 397 g/mol. The molecule has 0 N–H and O–H groups in total. The maximum absolute atomic E-state index is 12.7. The number of hydrogen-bond donors (Lipinski definition) is 0. The molecule has 2 aromatic rings. The van der Waals surface area contributed by atoms with Crippen molar-refractivity contribution in [3.63, 3.8) is 0 Å². The minimum absolute atomic E-state index is 0.167. The van der Waals surface area contributed by atoms with Gasteiger partial charge in [0.1, 0.15) is 5.75 Å². The maximum Gasteiger partial charge on any atom is 0.416 e. The predicted octanol–water partition coefficient (Wildman–Crippen LogP) is 3.71. The second-order valence-corrected chi connectivity index (χ2v) is 6.80. The first-order valence-electron chi connectivity index (χ1n) is 9.35. The summed E-state index contributed by atoms with van der Waals surface area (Å²) in [4.78, 5) is 28.1. The van der Waals surface area contributed by atoms with E-state index in [1.54, 1.807) is 18.1 Å². The summed E-state index contributed by atoms with van der Waals surface area (Å²) < 4.78 is 43.1. The van der Waals surface area contributed by atoms with Gasteiger partial charge in [-0.05, 0) is 48.0 Å². The lowest BCUT2D eigenvalue weighted by molar-refractivity contribution is -0.137.